The Bertz CT molecular complexity index is 905. The Morgan fingerprint density at radius 3 is 1.36 bits per heavy atom. The highest BCUT2D eigenvalue weighted by Gasteiger charge is 2.39. The molecular weight excluding hydrogens is 308 g/mol. The van der Waals surface area contributed by atoms with Gasteiger partial charge in [0.05, 0.1) is 0 Å². The maximum absolute atomic E-state index is 12.7. The van der Waals surface area contributed by atoms with Crippen molar-refractivity contribution in [1.29, 1.82) is 0 Å². The number of nitrogens with zero attached hydrogens (tertiary/aromatic N) is 1. The molecule has 4 aromatic rings. The lowest BCUT2D eigenvalue weighted by Crippen LogP contribution is -2.42. The fourth-order valence-corrected chi connectivity index (χ4v) is 3.54. The lowest BCUT2D eigenvalue weighted by molar-refractivity contribution is 0.499. The van der Waals surface area contributed by atoms with Gasteiger partial charge in [0.15, 0.2) is 0 Å². The van der Waals surface area contributed by atoms with Crippen molar-refractivity contribution < 1.29 is 0 Å². The first-order chi connectivity index (χ1) is 12.3. The van der Waals surface area contributed by atoms with E-state index in [1.807, 2.05) is 60.8 Å². The van der Waals surface area contributed by atoms with Gasteiger partial charge in [-0.25, -0.2) is 4.79 Å². The van der Waals surface area contributed by atoms with Crippen LogP contribution in [0.2, 0.25) is 0 Å². The quantitative estimate of drug-likeness (QED) is 0.565. The SMILES string of the molecule is O=c1[nH]ccn1C(c1ccccc1)(c1ccccc1)c1ccccc1. The Morgan fingerprint density at radius 1 is 0.640 bits per heavy atom. The standard InChI is InChI=1S/C22H18N2O/c25-21-23-16-17-24(21)22(18-10-4-1-5-11-18,19-12-6-2-7-13-19)20-14-8-3-9-15-20/h1-17H,(H,23,25). The number of nitrogens with one attached hydrogen (secondary N) is 1. The second-order valence-corrected chi connectivity index (χ2v) is 5.94. The van der Waals surface area contributed by atoms with Gasteiger partial charge in [0, 0.05) is 12.4 Å². The van der Waals surface area contributed by atoms with Crippen LogP contribution in [0.5, 0.6) is 0 Å². The van der Waals surface area contributed by atoms with Crippen LogP contribution in [0.3, 0.4) is 0 Å². The van der Waals surface area contributed by atoms with Crippen molar-refractivity contribution in [3.63, 3.8) is 0 Å². The zero-order chi connectivity index (χ0) is 17.1. The zero-order valence-corrected chi connectivity index (χ0v) is 13.7. The minimum Gasteiger partial charge on any atom is -0.313 e. The summed E-state index contributed by atoms with van der Waals surface area (Å²) in [5.74, 6) is 0. The van der Waals surface area contributed by atoms with E-state index in [-0.39, 0.29) is 5.69 Å². The number of H-pyrrole nitrogens is 1. The fourth-order valence-electron chi connectivity index (χ4n) is 3.54. The van der Waals surface area contributed by atoms with Gasteiger partial charge in [-0.3, -0.25) is 4.57 Å². The van der Waals surface area contributed by atoms with Gasteiger partial charge in [-0.2, -0.15) is 0 Å². The fraction of sp³-hybridized carbons (Fsp3) is 0.0455. The Labute approximate surface area is 146 Å². The molecule has 0 fully saturated rings. The second kappa shape index (κ2) is 6.29. The lowest BCUT2D eigenvalue weighted by Gasteiger charge is -2.36. The summed E-state index contributed by atoms with van der Waals surface area (Å²) in [6.45, 7) is 0. The Hall–Kier alpha value is -3.33. The highest BCUT2D eigenvalue weighted by molar-refractivity contribution is 5.50. The third-order valence-electron chi connectivity index (χ3n) is 4.59. The molecule has 1 N–H and O–H groups in total. The second-order valence-electron chi connectivity index (χ2n) is 5.94. The molecule has 3 aromatic carbocycles. The van der Waals surface area contributed by atoms with Crippen molar-refractivity contribution in [2.24, 2.45) is 0 Å². The van der Waals surface area contributed by atoms with E-state index in [1.165, 1.54) is 0 Å². The number of aromatic nitrogens is 2. The molecule has 1 heterocycles. The normalized spacial score (nSPS) is 11.4. The summed E-state index contributed by atoms with van der Waals surface area (Å²) in [5.41, 5.74) is 2.23. The van der Waals surface area contributed by atoms with Gasteiger partial charge in [-0.15, -0.1) is 0 Å². The Balaban J connectivity index is 2.17. The van der Waals surface area contributed by atoms with Crippen LogP contribution in [-0.2, 0) is 5.54 Å². The molecule has 3 nitrogen and oxygen atoms in total. The molecule has 0 saturated heterocycles. The van der Waals surface area contributed by atoms with Crippen LogP contribution in [0.1, 0.15) is 16.7 Å². The molecule has 0 saturated carbocycles. The van der Waals surface area contributed by atoms with Gasteiger partial charge in [-0.05, 0) is 16.7 Å². The molecule has 3 heteroatoms. The molecule has 0 amide bonds. The zero-order valence-electron chi connectivity index (χ0n) is 13.7. The van der Waals surface area contributed by atoms with Crippen molar-refractivity contribution in [2.45, 2.75) is 5.54 Å². The Morgan fingerprint density at radius 2 is 1.04 bits per heavy atom. The molecule has 0 aliphatic carbocycles. The number of hydrogen-bond donors (Lipinski definition) is 1. The molecule has 0 spiro atoms. The third kappa shape index (κ3) is 2.41. The van der Waals surface area contributed by atoms with Gasteiger partial charge >= 0.3 is 5.69 Å². The molecule has 4 rings (SSSR count). The summed E-state index contributed by atoms with van der Waals surface area (Å²) in [6, 6.07) is 30.4. The molecule has 0 aliphatic heterocycles. The van der Waals surface area contributed by atoms with Crippen LogP contribution in [0.15, 0.2) is 108 Å². The van der Waals surface area contributed by atoms with E-state index in [2.05, 4.69) is 41.4 Å². The highest BCUT2D eigenvalue weighted by Crippen LogP contribution is 2.39. The van der Waals surface area contributed by atoms with Crippen LogP contribution >= 0.6 is 0 Å². The Kier molecular flexibility index (Phi) is 3.82. The van der Waals surface area contributed by atoms with E-state index in [0.717, 1.165) is 16.7 Å². The largest absolute Gasteiger partial charge is 0.326 e. The maximum atomic E-state index is 12.7. The van der Waals surface area contributed by atoms with E-state index in [9.17, 15) is 4.79 Å². The predicted octanol–water partition coefficient (Wildman–Crippen LogP) is 4.02. The first kappa shape index (κ1) is 15.2. The highest BCUT2D eigenvalue weighted by atomic mass is 16.1. The smallest absolute Gasteiger partial charge is 0.313 e. The first-order valence-electron chi connectivity index (χ1n) is 8.26. The van der Waals surface area contributed by atoms with E-state index < -0.39 is 5.54 Å². The predicted molar refractivity (Wildman–Crippen MR) is 99.7 cm³/mol. The first-order valence-corrected chi connectivity index (χ1v) is 8.26. The van der Waals surface area contributed by atoms with Crippen molar-refractivity contribution >= 4 is 0 Å². The van der Waals surface area contributed by atoms with E-state index in [1.54, 1.807) is 10.8 Å². The number of rotatable bonds is 4. The van der Waals surface area contributed by atoms with Crippen LogP contribution in [0.4, 0.5) is 0 Å². The van der Waals surface area contributed by atoms with E-state index in [0.29, 0.717) is 0 Å². The summed E-state index contributed by atoms with van der Waals surface area (Å²) in [7, 11) is 0. The lowest BCUT2D eigenvalue weighted by atomic mass is 9.77. The van der Waals surface area contributed by atoms with Gasteiger partial charge in [0.25, 0.3) is 0 Å². The summed E-state index contributed by atoms with van der Waals surface area (Å²) < 4.78 is 1.77. The summed E-state index contributed by atoms with van der Waals surface area (Å²) in [6.07, 6.45) is 3.50. The molecule has 0 bridgehead atoms. The summed E-state index contributed by atoms with van der Waals surface area (Å²) >= 11 is 0. The number of benzene rings is 3. The van der Waals surface area contributed by atoms with Gasteiger partial charge in [0.1, 0.15) is 5.54 Å². The number of aromatic amines is 1. The number of imidazole rings is 1. The van der Waals surface area contributed by atoms with Gasteiger partial charge in [0.2, 0.25) is 0 Å². The molecule has 0 unspecified atom stereocenters. The average Bonchev–Trinajstić information content (AvgIpc) is 3.12. The number of hydrogen-bond acceptors (Lipinski definition) is 1. The van der Waals surface area contributed by atoms with Crippen molar-refractivity contribution in [1.82, 2.24) is 9.55 Å². The van der Waals surface area contributed by atoms with Crippen molar-refractivity contribution in [3.05, 3.63) is 131 Å². The molecule has 0 radical (unpaired) electrons. The minimum absolute atomic E-state index is 0.142. The topological polar surface area (TPSA) is 37.8 Å². The minimum atomic E-state index is -0.735. The van der Waals surface area contributed by atoms with Gasteiger partial charge in [-0.1, -0.05) is 91.0 Å². The average molecular weight is 326 g/mol. The van der Waals surface area contributed by atoms with E-state index in [4.69, 9.17) is 0 Å². The van der Waals surface area contributed by atoms with Crippen LogP contribution in [0, 0.1) is 0 Å². The van der Waals surface area contributed by atoms with Crippen LogP contribution < -0.4 is 5.69 Å². The van der Waals surface area contributed by atoms with Gasteiger partial charge < -0.3 is 4.98 Å². The molecule has 122 valence electrons. The third-order valence-corrected chi connectivity index (χ3v) is 4.59. The summed E-state index contributed by atoms with van der Waals surface area (Å²) in [5, 5.41) is 0. The molecule has 0 atom stereocenters. The molecule has 1 aromatic heterocycles. The monoisotopic (exact) mass is 326 g/mol. The maximum Gasteiger partial charge on any atom is 0.326 e. The van der Waals surface area contributed by atoms with E-state index >= 15 is 0 Å². The summed E-state index contributed by atoms with van der Waals surface area (Å²) in [4.78, 5) is 15.5. The molecule has 0 aliphatic rings. The van der Waals surface area contributed by atoms with Crippen molar-refractivity contribution in [3.8, 4) is 0 Å². The van der Waals surface area contributed by atoms with Crippen LogP contribution in [0.25, 0.3) is 0 Å². The van der Waals surface area contributed by atoms with Crippen molar-refractivity contribution in [2.75, 3.05) is 0 Å². The van der Waals surface area contributed by atoms with Crippen LogP contribution in [-0.4, -0.2) is 9.55 Å². The molecule has 25 heavy (non-hydrogen) atoms. The molecular formula is C22H18N2O.